The first-order valence-corrected chi connectivity index (χ1v) is 7.76. The van der Waals surface area contributed by atoms with Crippen molar-refractivity contribution in [3.63, 3.8) is 0 Å². The number of imidazole rings is 1. The summed E-state index contributed by atoms with van der Waals surface area (Å²) in [6.45, 7) is 0.332. The normalized spacial score (nSPS) is 10.5. The van der Waals surface area contributed by atoms with Gasteiger partial charge in [0.2, 0.25) is 0 Å². The summed E-state index contributed by atoms with van der Waals surface area (Å²) >= 11 is 4.88. The van der Waals surface area contributed by atoms with Gasteiger partial charge in [-0.2, -0.15) is 0 Å². The summed E-state index contributed by atoms with van der Waals surface area (Å²) in [6.07, 6.45) is 4.32. The second-order valence-electron chi connectivity index (χ2n) is 5.17. The average molecular weight is 375 g/mol. The molecule has 0 bridgehead atoms. The highest BCUT2D eigenvalue weighted by molar-refractivity contribution is 7.80. The van der Waals surface area contributed by atoms with Crippen molar-refractivity contribution in [1.82, 2.24) is 29.9 Å². The van der Waals surface area contributed by atoms with Crippen molar-refractivity contribution in [2.24, 2.45) is 5.73 Å². The topological polar surface area (TPSA) is 113 Å². The van der Waals surface area contributed by atoms with Crippen molar-refractivity contribution in [3.05, 3.63) is 54.1 Å². The van der Waals surface area contributed by atoms with Gasteiger partial charge in [-0.3, -0.25) is 4.79 Å². The molecule has 1 amide bonds. The van der Waals surface area contributed by atoms with Crippen LogP contribution in [0.5, 0.6) is 0 Å². The molecule has 0 fully saturated rings. The molecule has 9 nitrogen and oxygen atoms in total. The number of nitrogens with one attached hydrogen (secondary N) is 1. The maximum absolute atomic E-state index is 14.5. The summed E-state index contributed by atoms with van der Waals surface area (Å²) in [5.74, 6) is -1.20. The number of hydrogen-bond acceptors (Lipinski definition) is 6. The van der Waals surface area contributed by atoms with E-state index in [2.05, 4.69) is 20.6 Å². The molecule has 3 N–H and O–H groups in total. The first-order valence-electron chi connectivity index (χ1n) is 7.35. The second-order valence-corrected chi connectivity index (χ2v) is 5.54. The minimum atomic E-state index is -0.683. The number of benzene rings is 1. The Labute approximate surface area is 152 Å². The van der Waals surface area contributed by atoms with E-state index in [1.807, 2.05) is 0 Å². The van der Waals surface area contributed by atoms with Crippen LogP contribution in [0.3, 0.4) is 0 Å². The lowest BCUT2D eigenvalue weighted by Gasteiger charge is -2.06. The van der Waals surface area contributed by atoms with Gasteiger partial charge in [0.1, 0.15) is 23.5 Å². The molecule has 0 aliphatic rings. The number of thiocarbonyl (C=S) groups is 1. The van der Waals surface area contributed by atoms with Crippen LogP contribution in [0.2, 0.25) is 0 Å². The van der Waals surface area contributed by atoms with E-state index in [9.17, 15) is 9.18 Å². The van der Waals surface area contributed by atoms with Gasteiger partial charge in [-0.05, 0) is 24.4 Å². The number of nitrogens with two attached hydrogens (primary N) is 1. The van der Waals surface area contributed by atoms with Crippen LogP contribution >= 0.6 is 12.2 Å². The zero-order valence-electron chi connectivity index (χ0n) is 13.6. The summed E-state index contributed by atoms with van der Waals surface area (Å²) in [5.41, 5.74) is 6.51. The molecule has 2 aromatic heterocycles. The van der Waals surface area contributed by atoms with E-state index in [4.69, 9.17) is 22.7 Å². The Bertz CT molecular complexity index is 969. The average Bonchev–Trinajstić information content (AvgIpc) is 3.29. The molecule has 134 valence electrons. The monoisotopic (exact) mass is 375 g/mol. The Kier molecular flexibility index (Phi) is 4.89. The van der Waals surface area contributed by atoms with Gasteiger partial charge in [0.05, 0.1) is 31.2 Å². The molecule has 0 aliphatic carbocycles. The van der Waals surface area contributed by atoms with Gasteiger partial charge >= 0.3 is 0 Å². The first kappa shape index (κ1) is 17.5. The van der Waals surface area contributed by atoms with Crippen molar-refractivity contribution in [2.45, 2.75) is 6.54 Å². The fourth-order valence-corrected chi connectivity index (χ4v) is 2.24. The summed E-state index contributed by atoms with van der Waals surface area (Å²) in [5, 5.41) is 11.0. The maximum Gasteiger partial charge on any atom is 0.268 e. The fourth-order valence-electron chi connectivity index (χ4n) is 2.17. The van der Waals surface area contributed by atoms with Crippen LogP contribution in [0.15, 0.2) is 36.9 Å². The minimum Gasteiger partial charge on any atom is -0.474 e. The van der Waals surface area contributed by atoms with Gasteiger partial charge in [-0.1, -0.05) is 5.21 Å². The lowest BCUT2D eigenvalue weighted by atomic mass is 10.2. The molecule has 26 heavy (non-hydrogen) atoms. The lowest BCUT2D eigenvalue weighted by Crippen LogP contribution is -2.22. The van der Waals surface area contributed by atoms with E-state index in [1.165, 1.54) is 41.0 Å². The van der Waals surface area contributed by atoms with Gasteiger partial charge in [-0.15, -0.1) is 5.10 Å². The van der Waals surface area contributed by atoms with Crippen molar-refractivity contribution < 1.29 is 13.9 Å². The third kappa shape index (κ3) is 3.67. The number of nitrogens with zero attached hydrogens (tertiary/aromatic N) is 5. The van der Waals surface area contributed by atoms with Crippen molar-refractivity contribution in [3.8, 4) is 11.4 Å². The number of carbonyl (C=O) groups is 1. The van der Waals surface area contributed by atoms with Crippen molar-refractivity contribution in [1.29, 1.82) is 0 Å². The highest BCUT2D eigenvalue weighted by atomic mass is 32.1. The highest BCUT2D eigenvalue weighted by Gasteiger charge is 2.11. The number of rotatable bonds is 5. The van der Waals surface area contributed by atoms with Crippen LogP contribution < -0.4 is 11.1 Å². The molecule has 0 unspecified atom stereocenters. The molecule has 3 rings (SSSR count). The van der Waals surface area contributed by atoms with Crippen LogP contribution in [0, 0.1) is 5.82 Å². The molecule has 2 heterocycles. The molecule has 0 radical (unpaired) electrons. The van der Waals surface area contributed by atoms with E-state index in [0.29, 0.717) is 17.9 Å². The number of primary amides is 1. The van der Waals surface area contributed by atoms with Gasteiger partial charge in [0, 0.05) is 12.3 Å². The summed E-state index contributed by atoms with van der Waals surface area (Å²) in [7, 11) is 1.46. The van der Waals surface area contributed by atoms with Crippen LogP contribution in [-0.4, -0.2) is 42.7 Å². The highest BCUT2D eigenvalue weighted by Crippen LogP contribution is 2.18. The molecule has 0 saturated heterocycles. The molecule has 0 saturated carbocycles. The van der Waals surface area contributed by atoms with Crippen molar-refractivity contribution >= 4 is 23.3 Å². The Morgan fingerprint density at radius 2 is 2.23 bits per heavy atom. The fraction of sp³-hybridized carbons (Fsp3) is 0.133. The number of ether oxygens (including phenoxy) is 1. The zero-order chi connectivity index (χ0) is 18.7. The third-order valence-electron chi connectivity index (χ3n) is 3.45. The van der Waals surface area contributed by atoms with E-state index >= 15 is 0 Å². The second kappa shape index (κ2) is 7.27. The standard InChI is InChI=1S/C15H14FN7O2S/c1-25-15(26)18-5-9-6-23(21-20-9)10-2-3-13(11(16)4-10)22-7-12(14(17)24)19-8-22/h2-4,6-8H,5H2,1H3,(H2,17,24)(H,18,26). The van der Waals surface area contributed by atoms with Crippen LogP contribution in [0.1, 0.15) is 16.2 Å². The maximum atomic E-state index is 14.5. The smallest absolute Gasteiger partial charge is 0.268 e. The Hall–Kier alpha value is -3.34. The molecular weight excluding hydrogens is 361 g/mol. The summed E-state index contributed by atoms with van der Waals surface area (Å²) < 4.78 is 22.1. The van der Waals surface area contributed by atoms with Gasteiger partial charge in [-0.25, -0.2) is 14.1 Å². The minimum absolute atomic E-state index is 0.0517. The zero-order valence-corrected chi connectivity index (χ0v) is 14.4. The predicted octanol–water partition coefficient (Wildman–Crippen LogP) is 0.712. The molecule has 3 aromatic rings. The Morgan fingerprint density at radius 1 is 1.42 bits per heavy atom. The van der Waals surface area contributed by atoms with E-state index in [0.717, 1.165) is 0 Å². The quantitative estimate of drug-likeness (QED) is 0.632. The summed E-state index contributed by atoms with van der Waals surface area (Å²) in [6, 6.07) is 4.50. The number of amides is 1. The largest absolute Gasteiger partial charge is 0.474 e. The van der Waals surface area contributed by atoms with E-state index in [-0.39, 0.29) is 16.6 Å². The lowest BCUT2D eigenvalue weighted by molar-refractivity contribution is 0.0996. The Balaban J connectivity index is 1.80. The molecule has 1 aromatic carbocycles. The third-order valence-corrected chi connectivity index (χ3v) is 3.76. The predicted molar refractivity (Wildman–Crippen MR) is 93.4 cm³/mol. The number of hydrogen-bond donors (Lipinski definition) is 2. The number of methoxy groups -OCH3 is 1. The van der Waals surface area contributed by atoms with E-state index < -0.39 is 11.7 Å². The van der Waals surface area contributed by atoms with Gasteiger partial charge in [0.25, 0.3) is 11.1 Å². The number of halogens is 1. The van der Waals surface area contributed by atoms with Gasteiger partial charge < -0.3 is 20.4 Å². The molecular formula is C15H14FN7O2S. The van der Waals surface area contributed by atoms with Crippen LogP contribution in [0.4, 0.5) is 4.39 Å². The molecule has 0 spiro atoms. The van der Waals surface area contributed by atoms with Crippen molar-refractivity contribution in [2.75, 3.05) is 7.11 Å². The van der Waals surface area contributed by atoms with Crippen LogP contribution in [-0.2, 0) is 11.3 Å². The SMILES string of the molecule is COC(=S)NCc1cn(-c2ccc(-n3cnc(C(N)=O)c3)c(F)c2)nn1. The molecule has 11 heteroatoms. The number of carbonyl (C=O) groups excluding carboxylic acids is 1. The van der Waals surface area contributed by atoms with E-state index in [1.54, 1.807) is 12.3 Å². The molecule has 0 aliphatic heterocycles. The number of aromatic nitrogens is 5. The van der Waals surface area contributed by atoms with Crippen LogP contribution in [0.25, 0.3) is 11.4 Å². The van der Waals surface area contributed by atoms with Gasteiger partial charge in [0.15, 0.2) is 0 Å². The first-order chi connectivity index (χ1) is 12.5. The summed E-state index contributed by atoms with van der Waals surface area (Å²) in [4.78, 5) is 14.9. The molecule has 0 atom stereocenters. The Morgan fingerprint density at radius 3 is 2.88 bits per heavy atom.